The van der Waals surface area contributed by atoms with Gasteiger partial charge in [-0.05, 0) is 96.3 Å². The molecule has 8 N–H and O–H groups in total. The van der Waals surface area contributed by atoms with E-state index in [4.69, 9.17) is 31.9 Å². The first kappa shape index (κ1) is 83.0. The van der Waals surface area contributed by atoms with Crippen molar-refractivity contribution in [2.45, 2.75) is 219 Å². The van der Waals surface area contributed by atoms with Gasteiger partial charge in [0.2, 0.25) is 5.91 Å². The van der Waals surface area contributed by atoms with Crippen molar-refractivity contribution in [2.24, 2.45) is 11.7 Å². The molecule has 0 bridgehead atoms. The first-order valence-corrected chi connectivity index (χ1v) is 25.6. The van der Waals surface area contributed by atoms with Crippen LogP contribution in [-0.2, 0) is 43.1 Å². The van der Waals surface area contributed by atoms with Crippen LogP contribution in [0.4, 0.5) is 0 Å². The van der Waals surface area contributed by atoms with Crippen LogP contribution in [0.15, 0.2) is 91.0 Å². The number of hydrogen-bond donors (Lipinski definition) is 7. The summed E-state index contributed by atoms with van der Waals surface area (Å²) in [7, 11) is 2.35. The van der Waals surface area contributed by atoms with Crippen molar-refractivity contribution in [1.82, 2.24) is 5.32 Å². The number of esters is 2. The summed E-state index contributed by atoms with van der Waals surface area (Å²) in [4.78, 5) is 30.1. The van der Waals surface area contributed by atoms with Gasteiger partial charge in [-0.15, -0.1) is 0 Å². The molecule has 0 spiro atoms. The molecular weight excluding hydrogens is 893 g/mol. The Labute approximate surface area is 436 Å². The Morgan fingerprint density at radius 2 is 0.803 bits per heavy atom. The SMILES string of the molecule is CC(=O)OC(C)C.CC(C)C.CC(C)O.CC(C)O.CCCCCCC(=N)N.CCCCCCC(=N)NC(C)=O.CCc1ccccc1.CCc1ccccc1.CCc1ccccc1.CO.COC(C)=O. The minimum Gasteiger partial charge on any atom is -0.469 e. The third-order valence-electron chi connectivity index (χ3n) is 7.35. The van der Waals surface area contributed by atoms with E-state index in [1.807, 2.05) is 32.0 Å². The van der Waals surface area contributed by atoms with Crippen LogP contribution >= 0.6 is 0 Å². The fraction of sp³-hybridized carbons (Fsp3) is 0.610. The van der Waals surface area contributed by atoms with Gasteiger partial charge in [0, 0.05) is 52.9 Å². The van der Waals surface area contributed by atoms with Gasteiger partial charge in [0.15, 0.2) is 0 Å². The molecule has 0 saturated carbocycles. The maximum absolute atomic E-state index is 10.5. The average molecular weight is 1000 g/mol. The van der Waals surface area contributed by atoms with Gasteiger partial charge in [-0.1, -0.05) is 185 Å². The molecule has 0 saturated heterocycles. The zero-order valence-electron chi connectivity index (χ0n) is 48.6. The van der Waals surface area contributed by atoms with E-state index >= 15 is 0 Å². The Bertz CT molecular complexity index is 1390. The summed E-state index contributed by atoms with van der Waals surface area (Å²) in [5, 5.41) is 39.8. The summed E-state index contributed by atoms with van der Waals surface area (Å²) < 4.78 is 8.72. The lowest BCUT2D eigenvalue weighted by Crippen LogP contribution is -2.26. The summed E-state index contributed by atoms with van der Waals surface area (Å²) in [6, 6.07) is 31.4. The number of rotatable bonds is 14. The third-order valence-corrected chi connectivity index (χ3v) is 7.35. The molecule has 0 heterocycles. The highest BCUT2D eigenvalue weighted by molar-refractivity contribution is 5.95. The summed E-state index contributed by atoms with van der Waals surface area (Å²) in [6.07, 6.45) is 14.0. The minimum atomic E-state index is -0.245. The van der Waals surface area contributed by atoms with Gasteiger partial charge >= 0.3 is 11.9 Å². The van der Waals surface area contributed by atoms with Crippen LogP contribution < -0.4 is 11.1 Å². The average Bonchev–Trinajstić information content (AvgIpc) is 3.31. The monoisotopic (exact) mass is 1000 g/mol. The lowest BCUT2D eigenvalue weighted by atomic mass is 10.1. The zero-order valence-corrected chi connectivity index (χ0v) is 48.6. The molecule has 3 aromatic carbocycles. The Morgan fingerprint density at radius 3 is 0.958 bits per heavy atom. The number of aliphatic hydroxyl groups is 3. The standard InChI is InChI=1S/C9H18N2O.3C8H10.C7H16N2.C5H10O2.C4H10.C3H6O2.2C3H8O.CH4O/c1-3-4-5-6-7-9(10)11-8(2)12;3*1-2-8-6-4-3-5-7-8;1-2-3-4-5-6-7(8)9;1-4(2)7-5(3)6;1-4(2)3;1-3(4)5-2;2*1-3(2)4;1-2/h3-7H2,1-2H3,(H2,10,11,12);3*3-7H,2H2,1H3;2-6H2,1H3,(H3,8,9);4H,1-3H3;4H,1-3H3;1-2H3;2*3-4H,1-2H3;2H,1H3. The molecule has 0 aliphatic carbocycles. The van der Waals surface area contributed by atoms with Crippen molar-refractivity contribution in [3.8, 4) is 0 Å². The van der Waals surface area contributed by atoms with E-state index in [1.54, 1.807) is 27.7 Å². The maximum atomic E-state index is 10.5. The van der Waals surface area contributed by atoms with Gasteiger partial charge in [0.1, 0.15) is 0 Å². The molecule has 0 fully saturated rings. The van der Waals surface area contributed by atoms with E-state index in [1.165, 1.54) is 76.7 Å². The number of aliphatic hydroxyl groups excluding tert-OH is 3. The summed E-state index contributed by atoms with van der Waals surface area (Å²) in [5.74, 6) is 0.903. The van der Waals surface area contributed by atoms with E-state index in [9.17, 15) is 14.4 Å². The zero-order chi connectivity index (χ0) is 56.8. The number of aryl methyl sites for hydroxylation is 3. The van der Waals surface area contributed by atoms with Gasteiger partial charge in [-0.3, -0.25) is 25.2 Å². The molecule has 12 heteroatoms. The first-order valence-electron chi connectivity index (χ1n) is 25.6. The number of carbonyl (C=O) groups is 3. The van der Waals surface area contributed by atoms with Crippen LogP contribution in [0.3, 0.4) is 0 Å². The van der Waals surface area contributed by atoms with Gasteiger partial charge in [0.25, 0.3) is 0 Å². The van der Waals surface area contributed by atoms with Gasteiger partial charge in [-0.2, -0.15) is 0 Å². The second-order valence-corrected chi connectivity index (χ2v) is 17.1. The number of unbranched alkanes of at least 4 members (excludes halogenated alkanes) is 6. The van der Waals surface area contributed by atoms with Crippen molar-refractivity contribution in [3.63, 3.8) is 0 Å². The highest BCUT2D eigenvalue weighted by Gasteiger charge is 1.98. The molecule has 0 unspecified atom stereocenters. The van der Waals surface area contributed by atoms with Crippen LogP contribution in [0, 0.1) is 16.7 Å². The molecule has 0 atom stereocenters. The molecule has 12 nitrogen and oxygen atoms in total. The summed E-state index contributed by atoms with van der Waals surface area (Å²) in [6.45, 7) is 32.0. The van der Waals surface area contributed by atoms with Crippen LogP contribution in [-0.4, -0.2) is 77.4 Å². The number of hydrogen-bond acceptors (Lipinski definition) is 10. The normalized spacial score (nSPS) is 8.87. The van der Waals surface area contributed by atoms with E-state index in [2.05, 4.69) is 143 Å². The predicted octanol–water partition coefficient (Wildman–Crippen LogP) is 13.9. The fourth-order valence-electron chi connectivity index (χ4n) is 4.22. The van der Waals surface area contributed by atoms with E-state index in [0.717, 1.165) is 58.0 Å². The topological polar surface area (TPSA) is 216 Å². The quantitative estimate of drug-likeness (QED) is 0.0353. The molecule has 0 radical (unpaired) electrons. The van der Waals surface area contributed by atoms with Gasteiger partial charge < -0.3 is 35.8 Å². The Balaban J connectivity index is -0.000000105. The number of carbonyl (C=O) groups excluding carboxylic acids is 3. The van der Waals surface area contributed by atoms with Crippen molar-refractivity contribution in [3.05, 3.63) is 108 Å². The Morgan fingerprint density at radius 1 is 0.535 bits per heavy atom. The second kappa shape index (κ2) is 69.4. The molecule has 414 valence electrons. The number of methoxy groups -OCH3 is 1. The number of nitrogens with two attached hydrogens (primary N) is 1. The molecule has 1 amide bonds. The molecule has 71 heavy (non-hydrogen) atoms. The Kier molecular flexibility index (Phi) is 81.1. The number of amidine groups is 2. The minimum absolute atomic E-state index is 0.0255. The van der Waals surface area contributed by atoms with Crippen LogP contribution in [0.1, 0.15) is 199 Å². The molecular formula is C59H110N4O8. The van der Waals surface area contributed by atoms with Crippen molar-refractivity contribution < 1.29 is 39.2 Å². The molecule has 0 aromatic heterocycles. The number of benzene rings is 3. The molecule has 0 aliphatic rings. The molecule has 3 rings (SSSR count). The molecule has 0 aliphatic heterocycles. The summed E-state index contributed by atoms with van der Waals surface area (Å²) >= 11 is 0. The van der Waals surface area contributed by atoms with Crippen LogP contribution in [0.25, 0.3) is 0 Å². The molecule has 3 aromatic rings. The predicted molar refractivity (Wildman–Crippen MR) is 306 cm³/mol. The fourth-order valence-corrected chi connectivity index (χ4v) is 4.22. The van der Waals surface area contributed by atoms with Crippen LogP contribution in [0.2, 0.25) is 0 Å². The van der Waals surface area contributed by atoms with Crippen molar-refractivity contribution >= 4 is 29.5 Å². The van der Waals surface area contributed by atoms with E-state index in [0.29, 0.717) is 18.1 Å². The number of ether oxygens (including phenoxy) is 2. The first-order chi connectivity index (χ1) is 33.3. The largest absolute Gasteiger partial charge is 0.469 e. The summed E-state index contributed by atoms with van der Waals surface area (Å²) in [5.41, 5.74) is 9.39. The highest BCUT2D eigenvalue weighted by atomic mass is 16.5. The maximum Gasteiger partial charge on any atom is 0.302 e. The van der Waals surface area contributed by atoms with Gasteiger partial charge in [0.05, 0.1) is 24.9 Å². The number of amides is 1. The second-order valence-electron chi connectivity index (χ2n) is 17.1. The highest BCUT2D eigenvalue weighted by Crippen LogP contribution is 2.03. The van der Waals surface area contributed by atoms with Crippen molar-refractivity contribution in [1.29, 1.82) is 10.8 Å². The van der Waals surface area contributed by atoms with E-state index in [-0.39, 0.29) is 36.2 Å². The van der Waals surface area contributed by atoms with Crippen LogP contribution in [0.5, 0.6) is 0 Å². The lowest BCUT2D eigenvalue weighted by Gasteiger charge is -2.02. The smallest absolute Gasteiger partial charge is 0.302 e. The number of nitrogens with one attached hydrogen (secondary N) is 3. The van der Waals surface area contributed by atoms with Crippen molar-refractivity contribution in [2.75, 3.05) is 14.2 Å². The third kappa shape index (κ3) is 117. The lowest BCUT2D eigenvalue weighted by molar-refractivity contribution is -0.144. The Hall–Kier alpha value is -4.91. The van der Waals surface area contributed by atoms with Gasteiger partial charge in [-0.25, -0.2) is 0 Å². The van der Waals surface area contributed by atoms with E-state index < -0.39 is 0 Å².